The summed E-state index contributed by atoms with van der Waals surface area (Å²) in [4.78, 5) is 10.6. The van der Waals surface area contributed by atoms with Crippen molar-refractivity contribution >= 4 is 11.6 Å². The molecule has 102 valence electrons. The first-order chi connectivity index (χ1) is 8.67. The first-order valence-corrected chi connectivity index (χ1v) is 6.01. The van der Waals surface area contributed by atoms with E-state index >= 15 is 0 Å². The van der Waals surface area contributed by atoms with Gasteiger partial charge in [-0.3, -0.25) is 0 Å². The van der Waals surface area contributed by atoms with Gasteiger partial charge in [-0.2, -0.15) is 0 Å². The Hall–Kier alpha value is -1.40. The normalized spacial score (nSPS) is 10.6. The number of aryl methyl sites for hydroxylation is 1. The van der Waals surface area contributed by atoms with Crippen LogP contribution in [0.3, 0.4) is 0 Å². The largest absolute Gasteiger partial charge is 0.385 e. The molecular formula is C12H22N4O2. The molecule has 0 fully saturated rings. The van der Waals surface area contributed by atoms with Crippen LogP contribution >= 0.6 is 0 Å². The third-order valence-electron chi connectivity index (χ3n) is 2.51. The van der Waals surface area contributed by atoms with Crippen LogP contribution in [-0.4, -0.2) is 50.5 Å². The Morgan fingerprint density at radius 1 is 1.17 bits per heavy atom. The lowest BCUT2D eigenvalue weighted by Gasteiger charge is -2.23. The predicted octanol–water partition coefficient (Wildman–Crippen LogP) is 0.857. The lowest BCUT2D eigenvalue weighted by molar-refractivity contribution is 0.191. The van der Waals surface area contributed by atoms with Gasteiger partial charge in [0.25, 0.3) is 0 Å². The molecular weight excluding hydrogens is 232 g/mol. The van der Waals surface area contributed by atoms with E-state index in [-0.39, 0.29) is 0 Å². The van der Waals surface area contributed by atoms with Crippen LogP contribution < -0.4 is 10.6 Å². The van der Waals surface area contributed by atoms with Crippen LogP contribution in [0.4, 0.5) is 11.6 Å². The second-order valence-electron chi connectivity index (χ2n) is 4.02. The summed E-state index contributed by atoms with van der Waals surface area (Å²) in [5, 5.41) is 0. The molecule has 1 aromatic rings. The van der Waals surface area contributed by atoms with Crippen molar-refractivity contribution < 1.29 is 9.47 Å². The van der Waals surface area contributed by atoms with Gasteiger partial charge in [0.15, 0.2) is 0 Å². The number of hydrogen-bond donors (Lipinski definition) is 1. The summed E-state index contributed by atoms with van der Waals surface area (Å²) in [7, 11) is 3.39. The van der Waals surface area contributed by atoms with Crippen molar-refractivity contribution in [1.82, 2.24) is 9.97 Å². The standard InChI is InChI=1S/C12H22N4O2/c1-10-14-11(13)9-12(15-10)16(6-8-18-3)5-4-7-17-2/h9H,4-8H2,1-3H3,(H2,13,14,15). The lowest BCUT2D eigenvalue weighted by atomic mass is 10.3. The number of hydrogen-bond acceptors (Lipinski definition) is 6. The van der Waals surface area contributed by atoms with Gasteiger partial charge >= 0.3 is 0 Å². The number of anilines is 2. The number of ether oxygens (including phenoxy) is 2. The Bertz CT molecular complexity index is 340. The van der Waals surface area contributed by atoms with Crippen LogP contribution in [-0.2, 0) is 9.47 Å². The average molecular weight is 254 g/mol. The maximum Gasteiger partial charge on any atom is 0.134 e. The molecule has 0 aromatic carbocycles. The van der Waals surface area contributed by atoms with Crippen molar-refractivity contribution in [3.05, 3.63) is 11.9 Å². The molecule has 0 atom stereocenters. The van der Waals surface area contributed by atoms with E-state index < -0.39 is 0 Å². The van der Waals surface area contributed by atoms with Crippen molar-refractivity contribution in [3.63, 3.8) is 0 Å². The Kier molecular flexibility index (Phi) is 6.38. The summed E-state index contributed by atoms with van der Waals surface area (Å²) in [6.07, 6.45) is 0.934. The topological polar surface area (TPSA) is 73.5 Å². The molecule has 0 saturated heterocycles. The Morgan fingerprint density at radius 3 is 2.50 bits per heavy atom. The predicted molar refractivity (Wildman–Crippen MR) is 71.8 cm³/mol. The van der Waals surface area contributed by atoms with Crippen LogP contribution in [0.1, 0.15) is 12.2 Å². The van der Waals surface area contributed by atoms with Crippen LogP contribution in [0.2, 0.25) is 0 Å². The fourth-order valence-corrected chi connectivity index (χ4v) is 1.68. The van der Waals surface area contributed by atoms with Gasteiger partial charge < -0.3 is 20.1 Å². The SMILES string of the molecule is COCCCN(CCOC)c1cc(N)nc(C)n1. The third-order valence-corrected chi connectivity index (χ3v) is 2.51. The molecule has 0 unspecified atom stereocenters. The minimum absolute atomic E-state index is 0.492. The smallest absolute Gasteiger partial charge is 0.134 e. The number of aromatic nitrogens is 2. The van der Waals surface area contributed by atoms with E-state index in [4.69, 9.17) is 15.2 Å². The molecule has 0 aliphatic heterocycles. The zero-order valence-corrected chi connectivity index (χ0v) is 11.3. The van der Waals surface area contributed by atoms with Gasteiger partial charge in [-0.05, 0) is 13.3 Å². The third kappa shape index (κ3) is 4.85. The molecule has 0 radical (unpaired) electrons. The zero-order valence-electron chi connectivity index (χ0n) is 11.3. The lowest BCUT2D eigenvalue weighted by Crippen LogP contribution is -2.30. The molecule has 1 aromatic heterocycles. The van der Waals surface area contributed by atoms with E-state index in [1.54, 1.807) is 20.3 Å². The maximum absolute atomic E-state index is 5.75. The summed E-state index contributed by atoms with van der Waals surface area (Å²) in [5.41, 5.74) is 5.75. The Labute approximate surface area is 108 Å². The van der Waals surface area contributed by atoms with Crippen molar-refractivity contribution in [1.29, 1.82) is 0 Å². The Balaban J connectivity index is 2.72. The molecule has 6 nitrogen and oxygen atoms in total. The van der Waals surface area contributed by atoms with Crippen LogP contribution in [0.25, 0.3) is 0 Å². The van der Waals surface area contributed by atoms with E-state index in [0.717, 1.165) is 31.9 Å². The molecule has 2 N–H and O–H groups in total. The molecule has 0 spiro atoms. The van der Waals surface area contributed by atoms with Crippen LogP contribution in [0.15, 0.2) is 6.07 Å². The van der Waals surface area contributed by atoms with Gasteiger partial charge in [-0.25, -0.2) is 9.97 Å². The van der Waals surface area contributed by atoms with Gasteiger partial charge in [0.05, 0.1) is 6.61 Å². The summed E-state index contributed by atoms with van der Waals surface area (Å²) in [6.45, 7) is 4.84. The summed E-state index contributed by atoms with van der Waals surface area (Å²) < 4.78 is 10.2. The first kappa shape index (κ1) is 14.7. The number of methoxy groups -OCH3 is 2. The second-order valence-corrected chi connectivity index (χ2v) is 4.02. The van der Waals surface area contributed by atoms with Gasteiger partial charge in [0.2, 0.25) is 0 Å². The zero-order chi connectivity index (χ0) is 13.4. The second kappa shape index (κ2) is 7.84. The molecule has 0 amide bonds. The molecule has 1 rings (SSSR count). The minimum atomic E-state index is 0.492. The van der Waals surface area contributed by atoms with E-state index in [1.165, 1.54) is 0 Å². The molecule has 0 aliphatic rings. The minimum Gasteiger partial charge on any atom is -0.385 e. The maximum atomic E-state index is 5.75. The van der Waals surface area contributed by atoms with Crippen LogP contribution in [0.5, 0.6) is 0 Å². The van der Waals surface area contributed by atoms with Crippen molar-refractivity contribution in [3.8, 4) is 0 Å². The van der Waals surface area contributed by atoms with Crippen LogP contribution in [0, 0.1) is 6.92 Å². The summed E-state index contributed by atoms with van der Waals surface area (Å²) in [5.74, 6) is 2.01. The Morgan fingerprint density at radius 2 is 1.89 bits per heavy atom. The van der Waals surface area contributed by atoms with Gasteiger partial charge in [-0.1, -0.05) is 0 Å². The van der Waals surface area contributed by atoms with Gasteiger partial charge in [0.1, 0.15) is 17.5 Å². The molecule has 1 heterocycles. The molecule has 0 aliphatic carbocycles. The summed E-state index contributed by atoms with van der Waals surface area (Å²) in [6, 6.07) is 1.79. The highest BCUT2D eigenvalue weighted by atomic mass is 16.5. The van der Waals surface area contributed by atoms with Crippen molar-refractivity contribution in [2.75, 3.05) is 51.2 Å². The highest BCUT2D eigenvalue weighted by molar-refractivity contribution is 5.46. The highest BCUT2D eigenvalue weighted by Crippen LogP contribution is 2.14. The van der Waals surface area contributed by atoms with Crippen molar-refractivity contribution in [2.45, 2.75) is 13.3 Å². The van der Waals surface area contributed by atoms with E-state index in [0.29, 0.717) is 18.2 Å². The number of rotatable bonds is 8. The van der Waals surface area contributed by atoms with E-state index in [1.807, 2.05) is 6.92 Å². The number of nitrogen functional groups attached to an aromatic ring is 1. The first-order valence-electron chi connectivity index (χ1n) is 6.01. The highest BCUT2D eigenvalue weighted by Gasteiger charge is 2.09. The average Bonchev–Trinajstić information content (AvgIpc) is 2.32. The molecule has 18 heavy (non-hydrogen) atoms. The fourth-order valence-electron chi connectivity index (χ4n) is 1.68. The quantitative estimate of drug-likeness (QED) is 0.693. The summed E-state index contributed by atoms with van der Waals surface area (Å²) >= 11 is 0. The number of nitrogens with two attached hydrogens (primary N) is 1. The van der Waals surface area contributed by atoms with E-state index in [2.05, 4.69) is 14.9 Å². The fraction of sp³-hybridized carbons (Fsp3) is 0.667. The van der Waals surface area contributed by atoms with Gasteiger partial charge in [0, 0.05) is 40.0 Å². The molecule has 0 saturated carbocycles. The van der Waals surface area contributed by atoms with E-state index in [9.17, 15) is 0 Å². The van der Waals surface area contributed by atoms with Crippen molar-refractivity contribution in [2.24, 2.45) is 0 Å². The molecule has 6 heteroatoms. The molecule has 0 bridgehead atoms. The monoisotopic (exact) mass is 254 g/mol. The number of nitrogens with zero attached hydrogens (tertiary/aromatic N) is 3. The van der Waals surface area contributed by atoms with Gasteiger partial charge in [-0.15, -0.1) is 0 Å².